The van der Waals surface area contributed by atoms with Crippen molar-refractivity contribution in [3.8, 4) is 11.5 Å². The maximum atomic E-state index is 13.5. The third-order valence-corrected chi connectivity index (χ3v) is 9.04. The lowest BCUT2D eigenvalue weighted by Gasteiger charge is -2.42. The highest BCUT2D eigenvalue weighted by Crippen LogP contribution is 2.44. The number of likely N-dealkylation sites (tertiary alicyclic amines) is 1. The smallest absolute Gasteiger partial charge is 0.232 e. The number of nitrogens with one attached hydrogen (secondary N) is 1. The van der Waals surface area contributed by atoms with Crippen molar-refractivity contribution in [3.05, 3.63) is 59.7 Å². The summed E-state index contributed by atoms with van der Waals surface area (Å²) in [6.07, 6.45) is 12.4. The Morgan fingerprint density at radius 2 is 1.47 bits per heavy atom. The van der Waals surface area contributed by atoms with Crippen molar-refractivity contribution >= 4 is 5.91 Å². The second-order valence-corrected chi connectivity index (χ2v) is 11.2. The van der Waals surface area contributed by atoms with E-state index in [1.54, 1.807) is 0 Å². The summed E-state index contributed by atoms with van der Waals surface area (Å²) in [7, 11) is 0. The number of rotatable bonds is 4. The Labute approximate surface area is 204 Å². The summed E-state index contributed by atoms with van der Waals surface area (Å²) in [6.45, 7) is 3.48. The van der Waals surface area contributed by atoms with Crippen LogP contribution < -0.4 is 10.1 Å². The molecule has 3 unspecified atom stereocenters. The number of piperidine rings is 1. The van der Waals surface area contributed by atoms with Crippen molar-refractivity contribution in [1.29, 1.82) is 0 Å². The number of hydrogen-bond donors (Lipinski definition) is 1. The molecule has 34 heavy (non-hydrogen) atoms. The van der Waals surface area contributed by atoms with Gasteiger partial charge in [-0.15, -0.1) is 0 Å². The minimum absolute atomic E-state index is 0.109. The van der Waals surface area contributed by atoms with Gasteiger partial charge in [0.15, 0.2) is 0 Å². The van der Waals surface area contributed by atoms with Crippen molar-refractivity contribution in [2.75, 3.05) is 19.6 Å². The van der Waals surface area contributed by atoms with Gasteiger partial charge in [0.05, 0.1) is 5.92 Å². The van der Waals surface area contributed by atoms with E-state index < -0.39 is 0 Å². The van der Waals surface area contributed by atoms with E-state index in [0.717, 1.165) is 66.3 Å². The Morgan fingerprint density at radius 1 is 0.824 bits per heavy atom. The van der Waals surface area contributed by atoms with E-state index in [4.69, 9.17) is 4.74 Å². The third kappa shape index (κ3) is 4.49. The van der Waals surface area contributed by atoms with E-state index in [-0.39, 0.29) is 17.9 Å². The average Bonchev–Trinajstić information content (AvgIpc) is 2.88. The zero-order valence-electron chi connectivity index (χ0n) is 20.3. The molecule has 4 heteroatoms. The highest BCUT2D eigenvalue weighted by Gasteiger charge is 2.35. The molecule has 0 radical (unpaired) electrons. The van der Waals surface area contributed by atoms with Crippen molar-refractivity contribution in [2.45, 2.75) is 69.7 Å². The average molecular weight is 459 g/mol. The van der Waals surface area contributed by atoms with Gasteiger partial charge in [-0.05, 0) is 62.0 Å². The second-order valence-electron chi connectivity index (χ2n) is 11.2. The zero-order valence-corrected chi connectivity index (χ0v) is 20.3. The van der Waals surface area contributed by atoms with Gasteiger partial charge in [0.2, 0.25) is 5.91 Å². The number of carbonyl (C=O) groups is 1. The van der Waals surface area contributed by atoms with Gasteiger partial charge in [-0.2, -0.15) is 0 Å². The highest BCUT2D eigenvalue weighted by atomic mass is 16.5. The van der Waals surface area contributed by atoms with Gasteiger partial charge in [0.1, 0.15) is 11.5 Å². The molecule has 1 amide bonds. The molecule has 4 aliphatic rings. The Kier molecular flexibility index (Phi) is 6.34. The SMILES string of the molecule is O=C(NC1CCN(CC2CCC3CCCCC3C2)CC1)C1c2ccccc2Oc2ccccc21. The van der Waals surface area contributed by atoms with Crippen LogP contribution in [0.15, 0.2) is 48.5 Å². The predicted octanol–water partition coefficient (Wildman–Crippen LogP) is 6.11. The van der Waals surface area contributed by atoms with Crippen LogP contribution in [0, 0.1) is 17.8 Å². The standard InChI is InChI=1S/C30H38N2O2/c33-30(29-25-9-3-5-11-27(25)34-28-12-6-4-10-26(28)29)31-24-15-17-32(18-16-24)20-21-13-14-22-7-1-2-8-23(22)19-21/h3-6,9-12,21-24,29H,1-2,7-8,13-20H2,(H,31,33). The highest BCUT2D eigenvalue weighted by molar-refractivity contribution is 5.89. The first-order valence-corrected chi connectivity index (χ1v) is 13.6. The van der Waals surface area contributed by atoms with E-state index in [0.29, 0.717) is 0 Å². The number of carbonyl (C=O) groups excluding carboxylic acids is 1. The molecule has 1 saturated heterocycles. The van der Waals surface area contributed by atoms with Crippen LogP contribution in [-0.4, -0.2) is 36.5 Å². The monoisotopic (exact) mass is 458 g/mol. The molecule has 1 N–H and O–H groups in total. The van der Waals surface area contributed by atoms with Crippen LogP contribution in [0.1, 0.15) is 74.8 Å². The fraction of sp³-hybridized carbons (Fsp3) is 0.567. The molecule has 180 valence electrons. The summed E-state index contributed by atoms with van der Waals surface area (Å²) in [6, 6.07) is 16.2. The lowest BCUT2D eigenvalue weighted by Crippen LogP contribution is -2.47. The number of para-hydroxylation sites is 2. The van der Waals surface area contributed by atoms with E-state index in [2.05, 4.69) is 10.2 Å². The maximum Gasteiger partial charge on any atom is 0.232 e. The van der Waals surface area contributed by atoms with E-state index in [1.165, 1.54) is 51.5 Å². The quantitative estimate of drug-likeness (QED) is 0.601. The van der Waals surface area contributed by atoms with Crippen molar-refractivity contribution < 1.29 is 9.53 Å². The van der Waals surface area contributed by atoms with Crippen molar-refractivity contribution in [2.24, 2.45) is 17.8 Å². The first-order valence-electron chi connectivity index (χ1n) is 13.6. The Balaban J connectivity index is 1.05. The van der Waals surface area contributed by atoms with Crippen molar-refractivity contribution in [3.63, 3.8) is 0 Å². The number of ether oxygens (including phenoxy) is 1. The van der Waals surface area contributed by atoms with Crippen LogP contribution in [-0.2, 0) is 4.79 Å². The van der Waals surface area contributed by atoms with Gasteiger partial charge >= 0.3 is 0 Å². The third-order valence-electron chi connectivity index (χ3n) is 9.04. The van der Waals surface area contributed by atoms with Gasteiger partial charge < -0.3 is 15.0 Å². The predicted molar refractivity (Wildman–Crippen MR) is 135 cm³/mol. The molecule has 6 rings (SSSR count). The second kappa shape index (κ2) is 9.73. The fourth-order valence-corrected chi connectivity index (χ4v) is 7.24. The largest absolute Gasteiger partial charge is 0.457 e. The molecular weight excluding hydrogens is 420 g/mol. The number of fused-ring (bicyclic) bond motifs is 3. The van der Waals surface area contributed by atoms with Crippen LogP contribution in [0.2, 0.25) is 0 Å². The lowest BCUT2D eigenvalue weighted by atomic mass is 9.67. The lowest BCUT2D eigenvalue weighted by molar-refractivity contribution is -0.122. The summed E-state index contributed by atoms with van der Waals surface area (Å²) in [5, 5.41) is 3.41. The molecule has 2 aliphatic carbocycles. The normalized spacial score (nSPS) is 27.7. The number of benzene rings is 2. The molecule has 2 aromatic carbocycles. The number of hydrogen-bond acceptors (Lipinski definition) is 3. The molecule has 2 heterocycles. The first kappa shape index (κ1) is 22.2. The van der Waals surface area contributed by atoms with E-state index in [9.17, 15) is 4.79 Å². The molecule has 3 atom stereocenters. The minimum atomic E-state index is -0.301. The molecular formula is C30H38N2O2. The molecule has 3 fully saturated rings. The molecule has 0 aromatic heterocycles. The molecule has 2 saturated carbocycles. The van der Waals surface area contributed by atoms with Crippen LogP contribution in [0.25, 0.3) is 0 Å². The van der Waals surface area contributed by atoms with E-state index in [1.807, 2.05) is 48.5 Å². The van der Waals surface area contributed by atoms with Crippen LogP contribution in [0.4, 0.5) is 0 Å². The van der Waals surface area contributed by atoms with Crippen LogP contribution in [0.5, 0.6) is 11.5 Å². The summed E-state index contributed by atoms with van der Waals surface area (Å²) in [4.78, 5) is 16.2. The fourth-order valence-electron chi connectivity index (χ4n) is 7.24. The van der Waals surface area contributed by atoms with Crippen molar-refractivity contribution in [1.82, 2.24) is 10.2 Å². The maximum absolute atomic E-state index is 13.5. The Hall–Kier alpha value is -2.33. The summed E-state index contributed by atoms with van der Waals surface area (Å²) >= 11 is 0. The summed E-state index contributed by atoms with van der Waals surface area (Å²) < 4.78 is 6.08. The summed E-state index contributed by atoms with van der Waals surface area (Å²) in [5.74, 6) is 4.33. The molecule has 4 nitrogen and oxygen atoms in total. The molecule has 0 spiro atoms. The van der Waals surface area contributed by atoms with Gasteiger partial charge in [0.25, 0.3) is 0 Å². The van der Waals surface area contributed by atoms with Gasteiger partial charge in [-0.3, -0.25) is 4.79 Å². The zero-order chi connectivity index (χ0) is 22.9. The van der Waals surface area contributed by atoms with Gasteiger partial charge in [-0.1, -0.05) is 62.1 Å². The molecule has 0 bridgehead atoms. The summed E-state index contributed by atoms with van der Waals surface area (Å²) in [5.41, 5.74) is 1.93. The van der Waals surface area contributed by atoms with E-state index >= 15 is 0 Å². The molecule has 2 aromatic rings. The first-order chi connectivity index (χ1) is 16.7. The number of amides is 1. The Morgan fingerprint density at radius 3 is 2.18 bits per heavy atom. The number of nitrogens with zero attached hydrogens (tertiary/aromatic N) is 1. The van der Waals surface area contributed by atoms with Crippen LogP contribution >= 0.6 is 0 Å². The topological polar surface area (TPSA) is 41.6 Å². The Bertz CT molecular complexity index is 967. The minimum Gasteiger partial charge on any atom is -0.457 e. The van der Waals surface area contributed by atoms with Gasteiger partial charge in [0, 0.05) is 36.8 Å². The van der Waals surface area contributed by atoms with Crippen LogP contribution in [0.3, 0.4) is 0 Å². The van der Waals surface area contributed by atoms with Gasteiger partial charge in [-0.25, -0.2) is 0 Å². The molecule has 2 aliphatic heterocycles.